The van der Waals surface area contributed by atoms with Crippen LogP contribution in [0.3, 0.4) is 0 Å². The molecule has 7 nitrogen and oxygen atoms in total. The fraction of sp³-hybridized carbons (Fsp3) is 0.529. The van der Waals surface area contributed by atoms with Gasteiger partial charge in [-0.15, -0.1) is 0 Å². The molecule has 2 N–H and O–H groups in total. The van der Waals surface area contributed by atoms with Crippen molar-refractivity contribution in [2.75, 3.05) is 39.2 Å². The summed E-state index contributed by atoms with van der Waals surface area (Å²) in [6.07, 6.45) is -3.83. The first-order chi connectivity index (χ1) is 12.7. The Hall–Kier alpha value is -2.65. The largest absolute Gasteiger partial charge is 0.497 e. The van der Waals surface area contributed by atoms with Gasteiger partial charge < -0.3 is 25.0 Å². The van der Waals surface area contributed by atoms with E-state index >= 15 is 0 Å². The summed E-state index contributed by atoms with van der Waals surface area (Å²) in [5, 5.41) is 4.62. The Kier molecular flexibility index (Phi) is 6.75. The molecule has 0 atom stereocenters. The molecule has 0 spiro atoms. The van der Waals surface area contributed by atoms with Crippen molar-refractivity contribution in [1.82, 2.24) is 10.2 Å². The lowest BCUT2D eigenvalue weighted by atomic mass is 9.96. The highest BCUT2D eigenvalue weighted by molar-refractivity contribution is 5.91. The molecule has 1 aliphatic rings. The fourth-order valence-electron chi connectivity index (χ4n) is 2.77. The number of nitrogens with one attached hydrogen (secondary N) is 2. The summed E-state index contributed by atoms with van der Waals surface area (Å²) >= 11 is 0. The maximum atomic E-state index is 12.4. The van der Waals surface area contributed by atoms with Crippen LogP contribution in [0.1, 0.15) is 12.8 Å². The number of alkyl halides is 3. The third kappa shape index (κ3) is 5.93. The zero-order valence-electron chi connectivity index (χ0n) is 15.1. The van der Waals surface area contributed by atoms with Crippen LogP contribution in [0.5, 0.6) is 11.5 Å². The average molecular weight is 389 g/mol. The van der Waals surface area contributed by atoms with Crippen LogP contribution in [0, 0.1) is 5.92 Å². The highest BCUT2D eigenvalue weighted by Gasteiger charge is 2.32. The van der Waals surface area contributed by atoms with E-state index in [1.54, 1.807) is 18.2 Å². The number of ether oxygens (including phenoxy) is 2. The summed E-state index contributed by atoms with van der Waals surface area (Å²) in [7, 11) is 2.98. The SMILES string of the molecule is COc1ccc(NC(=O)N2CCC(C(=O)NCC(F)(F)F)CC2)c(OC)c1. The number of carbonyl (C=O) groups is 2. The van der Waals surface area contributed by atoms with E-state index in [0.29, 0.717) is 30.0 Å². The number of carbonyl (C=O) groups excluding carboxylic acids is 2. The summed E-state index contributed by atoms with van der Waals surface area (Å²) in [6.45, 7) is -0.799. The zero-order chi connectivity index (χ0) is 20.0. The number of hydrogen-bond acceptors (Lipinski definition) is 4. The molecule has 10 heteroatoms. The van der Waals surface area contributed by atoms with E-state index < -0.39 is 24.5 Å². The minimum absolute atomic E-state index is 0.272. The fourth-order valence-corrected chi connectivity index (χ4v) is 2.77. The summed E-state index contributed by atoms with van der Waals surface area (Å²) in [5.41, 5.74) is 0.466. The van der Waals surface area contributed by atoms with Gasteiger partial charge in [0.25, 0.3) is 0 Å². The van der Waals surface area contributed by atoms with Crippen LogP contribution in [-0.2, 0) is 4.79 Å². The van der Waals surface area contributed by atoms with Crippen LogP contribution in [0.25, 0.3) is 0 Å². The van der Waals surface area contributed by atoms with Crippen molar-refractivity contribution < 1.29 is 32.2 Å². The molecule has 0 aliphatic carbocycles. The van der Waals surface area contributed by atoms with E-state index in [0.717, 1.165) is 0 Å². The number of halogens is 3. The van der Waals surface area contributed by atoms with Crippen LogP contribution in [-0.4, -0.2) is 56.9 Å². The van der Waals surface area contributed by atoms with Gasteiger partial charge >= 0.3 is 12.2 Å². The Morgan fingerprint density at radius 2 is 1.85 bits per heavy atom. The summed E-state index contributed by atoms with van der Waals surface area (Å²) in [6, 6.07) is 4.59. The Morgan fingerprint density at radius 3 is 2.41 bits per heavy atom. The first kappa shape index (κ1) is 20.7. The molecule has 0 aromatic heterocycles. The molecule has 1 aliphatic heterocycles. The predicted molar refractivity (Wildman–Crippen MR) is 91.9 cm³/mol. The van der Waals surface area contributed by atoms with Crippen LogP contribution in [0.2, 0.25) is 0 Å². The number of hydrogen-bond donors (Lipinski definition) is 2. The maximum absolute atomic E-state index is 12.4. The van der Waals surface area contributed by atoms with Crippen LogP contribution >= 0.6 is 0 Å². The van der Waals surface area contributed by atoms with Crippen molar-refractivity contribution in [3.63, 3.8) is 0 Å². The average Bonchev–Trinajstić information content (AvgIpc) is 2.65. The Bertz CT molecular complexity index is 674. The highest BCUT2D eigenvalue weighted by Crippen LogP contribution is 2.29. The molecule has 0 radical (unpaired) electrons. The maximum Gasteiger partial charge on any atom is 0.405 e. The topological polar surface area (TPSA) is 79.9 Å². The molecule has 2 rings (SSSR count). The van der Waals surface area contributed by atoms with Crippen molar-refractivity contribution in [1.29, 1.82) is 0 Å². The molecule has 1 aromatic rings. The van der Waals surface area contributed by atoms with Gasteiger partial charge in [0.05, 0.1) is 19.9 Å². The van der Waals surface area contributed by atoms with Gasteiger partial charge in [0.1, 0.15) is 18.0 Å². The zero-order valence-corrected chi connectivity index (χ0v) is 15.1. The van der Waals surface area contributed by atoms with Crippen LogP contribution in [0.4, 0.5) is 23.7 Å². The lowest BCUT2D eigenvalue weighted by Crippen LogP contribution is -2.45. The van der Waals surface area contributed by atoms with Gasteiger partial charge in [0, 0.05) is 25.1 Å². The minimum Gasteiger partial charge on any atom is -0.497 e. The first-order valence-electron chi connectivity index (χ1n) is 8.36. The molecule has 1 saturated heterocycles. The Morgan fingerprint density at radius 1 is 1.19 bits per heavy atom. The van der Waals surface area contributed by atoms with Gasteiger partial charge in [0.15, 0.2) is 0 Å². The smallest absolute Gasteiger partial charge is 0.405 e. The normalized spacial score (nSPS) is 15.2. The quantitative estimate of drug-likeness (QED) is 0.811. The van der Waals surface area contributed by atoms with Gasteiger partial charge in [-0.3, -0.25) is 4.79 Å². The number of piperidine rings is 1. The number of likely N-dealkylation sites (tertiary alicyclic amines) is 1. The number of anilines is 1. The van der Waals surface area contributed by atoms with Crippen molar-refractivity contribution in [3.05, 3.63) is 18.2 Å². The summed E-state index contributed by atoms with van der Waals surface area (Å²) in [5.74, 6) is -0.157. The number of rotatable bonds is 5. The van der Waals surface area contributed by atoms with Crippen molar-refractivity contribution in [2.24, 2.45) is 5.92 Å². The molecule has 0 unspecified atom stereocenters. The van der Waals surface area contributed by atoms with Gasteiger partial charge in [-0.2, -0.15) is 13.2 Å². The molecule has 0 bridgehead atoms. The third-order valence-electron chi connectivity index (χ3n) is 4.27. The monoisotopic (exact) mass is 389 g/mol. The standard InChI is InChI=1S/C17H22F3N3O4/c1-26-12-3-4-13(14(9-12)27-2)22-16(25)23-7-5-11(6-8-23)15(24)21-10-17(18,19)20/h3-4,9,11H,5-8,10H2,1-2H3,(H,21,24)(H,22,25). The van der Waals surface area contributed by atoms with Crippen LogP contribution in [0.15, 0.2) is 18.2 Å². The number of amides is 3. The van der Waals surface area contributed by atoms with Gasteiger partial charge in [-0.05, 0) is 25.0 Å². The number of methoxy groups -OCH3 is 2. The van der Waals surface area contributed by atoms with E-state index in [4.69, 9.17) is 9.47 Å². The second-order valence-electron chi connectivity index (χ2n) is 6.09. The van der Waals surface area contributed by atoms with Crippen molar-refractivity contribution in [2.45, 2.75) is 19.0 Å². The third-order valence-corrected chi connectivity index (χ3v) is 4.27. The molecule has 3 amide bonds. The van der Waals surface area contributed by atoms with E-state index in [2.05, 4.69) is 5.32 Å². The number of benzene rings is 1. The molecule has 150 valence electrons. The Labute approximate surface area is 154 Å². The molecule has 27 heavy (non-hydrogen) atoms. The summed E-state index contributed by atoms with van der Waals surface area (Å²) in [4.78, 5) is 25.7. The van der Waals surface area contributed by atoms with Crippen molar-refractivity contribution >= 4 is 17.6 Å². The predicted octanol–water partition coefficient (Wildman–Crippen LogP) is 2.63. The highest BCUT2D eigenvalue weighted by atomic mass is 19.4. The lowest BCUT2D eigenvalue weighted by molar-refractivity contribution is -0.141. The molecule has 1 fully saturated rings. The van der Waals surface area contributed by atoms with E-state index in [1.165, 1.54) is 19.1 Å². The van der Waals surface area contributed by atoms with E-state index in [1.807, 2.05) is 5.32 Å². The molecule has 0 saturated carbocycles. The molecule has 1 aromatic carbocycles. The number of nitrogens with zero attached hydrogens (tertiary/aromatic N) is 1. The molecular formula is C17H22F3N3O4. The van der Waals surface area contributed by atoms with Gasteiger partial charge in [-0.25, -0.2) is 4.79 Å². The second-order valence-corrected chi connectivity index (χ2v) is 6.09. The van der Waals surface area contributed by atoms with Crippen LogP contribution < -0.4 is 20.1 Å². The van der Waals surface area contributed by atoms with Gasteiger partial charge in [0.2, 0.25) is 5.91 Å². The van der Waals surface area contributed by atoms with E-state index in [-0.39, 0.29) is 19.1 Å². The minimum atomic E-state index is -4.44. The van der Waals surface area contributed by atoms with Gasteiger partial charge in [-0.1, -0.05) is 0 Å². The second kappa shape index (κ2) is 8.83. The van der Waals surface area contributed by atoms with Crippen molar-refractivity contribution in [3.8, 4) is 11.5 Å². The molecule has 1 heterocycles. The molecular weight excluding hydrogens is 367 g/mol. The van der Waals surface area contributed by atoms with E-state index in [9.17, 15) is 22.8 Å². The summed E-state index contributed by atoms with van der Waals surface area (Å²) < 4.78 is 46.8. The first-order valence-corrected chi connectivity index (χ1v) is 8.36. The lowest BCUT2D eigenvalue weighted by Gasteiger charge is -2.31. The number of urea groups is 1. The Balaban J connectivity index is 1.87.